The molecule has 0 aliphatic rings. The van der Waals surface area contributed by atoms with E-state index in [1.54, 1.807) is 6.92 Å². The fourth-order valence-corrected chi connectivity index (χ4v) is 2.97. The van der Waals surface area contributed by atoms with Gasteiger partial charge in [0.25, 0.3) is 0 Å². The van der Waals surface area contributed by atoms with Crippen LogP contribution in [0.2, 0.25) is 0 Å². The Morgan fingerprint density at radius 1 is 0.800 bits per heavy atom. The van der Waals surface area contributed by atoms with Crippen LogP contribution < -0.4 is 0 Å². The van der Waals surface area contributed by atoms with Crippen LogP contribution in [0.15, 0.2) is 12.2 Å². The second-order valence-corrected chi connectivity index (χ2v) is 7.38. The predicted octanol–water partition coefficient (Wildman–Crippen LogP) is 6.69. The van der Waals surface area contributed by atoms with Crippen molar-refractivity contribution in [2.45, 2.75) is 123 Å². The van der Waals surface area contributed by atoms with Crippen LogP contribution in [0.4, 0.5) is 0 Å². The molecule has 0 radical (unpaired) electrons. The molecule has 1 N–H and O–H groups in total. The first kappa shape index (κ1) is 24.2. The summed E-state index contributed by atoms with van der Waals surface area (Å²) in [5.74, 6) is -0.506. The summed E-state index contributed by atoms with van der Waals surface area (Å²) >= 11 is 0. The third-order valence-electron chi connectivity index (χ3n) is 4.65. The largest absolute Gasteiger partial charge is 0.433 e. The van der Waals surface area contributed by atoms with Crippen LogP contribution in [-0.4, -0.2) is 17.4 Å². The molecule has 3 nitrogen and oxygen atoms in total. The fourth-order valence-electron chi connectivity index (χ4n) is 2.97. The van der Waals surface area contributed by atoms with Gasteiger partial charge in [0.05, 0.1) is 0 Å². The van der Waals surface area contributed by atoms with E-state index in [1.165, 1.54) is 83.5 Å². The SMILES string of the molecule is C=C(C)C(=O)OC(O)CCCCCCCCCCCCCCCCC. The zero-order valence-electron chi connectivity index (χ0n) is 16.9. The summed E-state index contributed by atoms with van der Waals surface area (Å²) in [6, 6.07) is 0. The van der Waals surface area contributed by atoms with Crippen LogP contribution in [0.1, 0.15) is 117 Å². The molecule has 1 atom stereocenters. The molecule has 0 fully saturated rings. The number of esters is 1. The lowest BCUT2D eigenvalue weighted by molar-refractivity contribution is -0.163. The molecule has 0 saturated carbocycles. The van der Waals surface area contributed by atoms with Crippen LogP contribution in [0.25, 0.3) is 0 Å². The minimum Gasteiger partial charge on any atom is -0.433 e. The van der Waals surface area contributed by atoms with Gasteiger partial charge in [0.2, 0.25) is 6.29 Å². The fraction of sp³-hybridized carbons (Fsp3) is 0.864. The number of hydrogen-bond acceptors (Lipinski definition) is 3. The third kappa shape index (κ3) is 17.8. The van der Waals surface area contributed by atoms with Crippen molar-refractivity contribution >= 4 is 5.97 Å². The van der Waals surface area contributed by atoms with Gasteiger partial charge in [-0.1, -0.05) is 103 Å². The number of unbranched alkanes of at least 4 members (excludes halogenated alkanes) is 14. The standard InChI is InChI=1S/C22H42O3/c1-4-5-6-7-8-9-10-11-12-13-14-15-16-17-18-19-21(23)25-22(24)20(2)3/h21,23H,2,4-19H2,1,3H3. The van der Waals surface area contributed by atoms with Crippen molar-refractivity contribution in [3.63, 3.8) is 0 Å². The summed E-state index contributed by atoms with van der Waals surface area (Å²) in [5, 5.41) is 9.59. The maximum Gasteiger partial charge on any atom is 0.335 e. The molecule has 0 aromatic heterocycles. The lowest BCUT2D eigenvalue weighted by Gasteiger charge is -2.11. The van der Waals surface area contributed by atoms with E-state index in [0.29, 0.717) is 12.0 Å². The van der Waals surface area contributed by atoms with E-state index in [0.717, 1.165) is 12.8 Å². The predicted molar refractivity (Wildman–Crippen MR) is 106 cm³/mol. The van der Waals surface area contributed by atoms with Gasteiger partial charge < -0.3 is 9.84 Å². The number of ether oxygens (including phenoxy) is 1. The van der Waals surface area contributed by atoms with E-state index < -0.39 is 12.3 Å². The summed E-state index contributed by atoms with van der Waals surface area (Å²) < 4.78 is 4.85. The van der Waals surface area contributed by atoms with Crippen LogP contribution in [-0.2, 0) is 9.53 Å². The third-order valence-corrected chi connectivity index (χ3v) is 4.65. The molecule has 0 heterocycles. The van der Waals surface area contributed by atoms with Crippen molar-refractivity contribution < 1.29 is 14.6 Å². The number of rotatable bonds is 18. The molecule has 0 aromatic carbocycles. The lowest BCUT2D eigenvalue weighted by atomic mass is 10.0. The Bertz CT molecular complexity index is 325. The number of aliphatic hydroxyl groups excluding tert-OH is 1. The highest BCUT2D eigenvalue weighted by Crippen LogP contribution is 2.14. The number of hydrogen-bond donors (Lipinski definition) is 1. The molecule has 25 heavy (non-hydrogen) atoms. The molecule has 0 bridgehead atoms. The Morgan fingerprint density at radius 3 is 1.52 bits per heavy atom. The first-order chi connectivity index (χ1) is 12.1. The Balaban J connectivity index is 3.19. The van der Waals surface area contributed by atoms with Crippen LogP contribution >= 0.6 is 0 Å². The summed E-state index contributed by atoms with van der Waals surface area (Å²) in [6.45, 7) is 7.35. The van der Waals surface area contributed by atoms with E-state index in [9.17, 15) is 9.90 Å². The summed E-state index contributed by atoms with van der Waals surface area (Å²) in [6.07, 6.45) is 19.3. The summed E-state index contributed by atoms with van der Waals surface area (Å²) in [5.41, 5.74) is 0.329. The van der Waals surface area contributed by atoms with Gasteiger partial charge in [-0.25, -0.2) is 4.79 Å². The van der Waals surface area contributed by atoms with E-state index in [4.69, 9.17) is 4.74 Å². The first-order valence-corrected chi connectivity index (χ1v) is 10.6. The van der Waals surface area contributed by atoms with Crippen molar-refractivity contribution in [3.8, 4) is 0 Å². The zero-order chi connectivity index (χ0) is 18.8. The molecule has 0 amide bonds. The van der Waals surface area contributed by atoms with Gasteiger partial charge in [0.1, 0.15) is 0 Å². The molecule has 1 unspecified atom stereocenters. The monoisotopic (exact) mass is 354 g/mol. The van der Waals surface area contributed by atoms with Crippen LogP contribution in [0.5, 0.6) is 0 Å². The van der Waals surface area contributed by atoms with Gasteiger partial charge in [0.15, 0.2) is 0 Å². The minimum atomic E-state index is -0.980. The Morgan fingerprint density at radius 2 is 1.16 bits per heavy atom. The average Bonchev–Trinajstić information content (AvgIpc) is 2.58. The molecule has 0 aliphatic carbocycles. The van der Waals surface area contributed by atoms with Crippen molar-refractivity contribution in [2.75, 3.05) is 0 Å². The molecule has 0 saturated heterocycles. The van der Waals surface area contributed by atoms with Gasteiger partial charge in [0, 0.05) is 12.0 Å². The molecular formula is C22H42O3. The highest BCUT2D eigenvalue weighted by Gasteiger charge is 2.10. The number of carbonyl (C=O) groups excluding carboxylic acids is 1. The smallest absolute Gasteiger partial charge is 0.335 e. The van der Waals surface area contributed by atoms with Crippen molar-refractivity contribution in [1.82, 2.24) is 0 Å². The number of carbonyl (C=O) groups is 1. The van der Waals surface area contributed by atoms with Gasteiger partial charge >= 0.3 is 5.97 Å². The average molecular weight is 355 g/mol. The summed E-state index contributed by atoms with van der Waals surface area (Å²) in [7, 11) is 0. The quantitative estimate of drug-likeness (QED) is 0.129. The van der Waals surface area contributed by atoms with Crippen molar-refractivity contribution in [3.05, 3.63) is 12.2 Å². The highest BCUT2D eigenvalue weighted by molar-refractivity contribution is 5.86. The van der Waals surface area contributed by atoms with E-state index in [-0.39, 0.29) is 0 Å². The molecule has 0 spiro atoms. The molecule has 0 aromatic rings. The van der Waals surface area contributed by atoms with Gasteiger partial charge in [-0.3, -0.25) is 0 Å². The molecule has 0 aliphatic heterocycles. The molecule has 3 heteroatoms. The van der Waals surface area contributed by atoms with Crippen LogP contribution in [0, 0.1) is 0 Å². The minimum absolute atomic E-state index is 0.329. The zero-order valence-corrected chi connectivity index (χ0v) is 16.9. The van der Waals surface area contributed by atoms with E-state index in [1.807, 2.05) is 0 Å². The van der Waals surface area contributed by atoms with E-state index >= 15 is 0 Å². The van der Waals surface area contributed by atoms with Gasteiger partial charge in [-0.05, 0) is 13.3 Å². The molecule has 148 valence electrons. The summed E-state index contributed by atoms with van der Waals surface area (Å²) in [4.78, 5) is 11.2. The Hall–Kier alpha value is -0.830. The topological polar surface area (TPSA) is 46.5 Å². The maximum absolute atomic E-state index is 11.2. The van der Waals surface area contributed by atoms with Gasteiger partial charge in [-0.15, -0.1) is 0 Å². The van der Waals surface area contributed by atoms with Crippen LogP contribution in [0.3, 0.4) is 0 Å². The van der Waals surface area contributed by atoms with Crippen molar-refractivity contribution in [1.29, 1.82) is 0 Å². The maximum atomic E-state index is 11.2. The normalized spacial score (nSPS) is 12.1. The molecular weight excluding hydrogens is 312 g/mol. The first-order valence-electron chi connectivity index (χ1n) is 10.6. The highest BCUT2D eigenvalue weighted by atomic mass is 16.6. The number of aliphatic hydroxyl groups is 1. The second-order valence-electron chi connectivity index (χ2n) is 7.38. The Kier molecular flexibility index (Phi) is 17.4. The van der Waals surface area contributed by atoms with Crippen molar-refractivity contribution in [2.24, 2.45) is 0 Å². The van der Waals surface area contributed by atoms with Gasteiger partial charge in [-0.2, -0.15) is 0 Å². The lowest BCUT2D eigenvalue weighted by Crippen LogP contribution is -2.17. The van der Waals surface area contributed by atoms with E-state index in [2.05, 4.69) is 13.5 Å². The Labute approximate surface area is 156 Å². The molecule has 0 rings (SSSR count). The second kappa shape index (κ2) is 18.0.